The third-order valence-corrected chi connectivity index (χ3v) is 2.61. The highest BCUT2D eigenvalue weighted by Gasteiger charge is 2.06. The van der Waals surface area contributed by atoms with Gasteiger partial charge < -0.3 is 0 Å². The maximum absolute atomic E-state index is 13.0. The van der Waals surface area contributed by atoms with Gasteiger partial charge >= 0.3 is 0 Å². The maximum Gasteiger partial charge on any atom is 0.123 e. The average molecular weight is 195 g/mol. The van der Waals surface area contributed by atoms with Gasteiger partial charge in [-0.3, -0.25) is 4.90 Å². The van der Waals surface area contributed by atoms with E-state index in [9.17, 15) is 4.39 Å². The van der Waals surface area contributed by atoms with Crippen LogP contribution in [0, 0.1) is 12.7 Å². The molecule has 0 aliphatic rings. The summed E-state index contributed by atoms with van der Waals surface area (Å²) in [5.41, 5.74) is 2.22. The molecule has 1 rings (SSSR count). The van der Waals surface area contributed by atoms with Gasteiger partial charge in [0, 0.05) is 12.6 Å². The monoisotopic (exact) mass is 195 g/mol. The lowest BCUT2D eigenvalue weighted by Gasteiger charge is -2.21. The molecule has 0 aromatic heterocycles. The molecule has 0 aliphatic heterocycles. The summed E-state index contributed by atoms with van der Waals surface area (Å²) >= 11 is 0. The van der Waals surface area contributed by atoms with Crippen LogP contribution >= 0.6 is 0 Å². The Morgan fingerprint density at radius 3 is 2.57 bits per heavy atom. The highest BCUT2D eigenvalue weighted by atomic mass is 19.1. The topological polar surface area (TPSA) is 3.24 Å². The van der Waals surface area contributed by atoms with Crippen molar-refractivity contribution in [1.82, 2.24) is 4.90 Å². The van der Waals surface area contributed by atoms with Crippen molar-refractivity contribution >= 4 is 0 Å². The van der Waals surface area contributed by atoms with Crippen molar-refractivity contribution in [2.24, 2.45) is 0 Å². The summed E-state index contributed by atoms with van der Waals surface area (Å²) in [5.74, 6) is -0.150. The Hall–Kier alpha value is -0.890. The van der Waals surface area contributed by atoms with E-state index in [0.29, 0.717) is 6.04 Å². The minimum atomic E-state index is -0.150. The number of benzene rings is 1. The van der Waals surface area contributed by atoms with Crippen molar-refractivity contribution in [2.45, 2.75) is 33.4 Å². The normalized spacial score (nSPS) is 11.4. The number of rotatable bonds is 3. The molecule has 78 valence electrons. The second-order valence-electron chi connectivity index (χ2n) is 4.08. The van der Waals surface area contributed by atoms with Crippen molar-refractivity contribution in [3.05, 3.63) is 35.1 Å². The molecule has 14 heavy (non-hydrogen) atoms. The predicted molar refractivity (Wildman–Crippen MR) is 57.7 cm³/mol. The van der Waals surface area contributed by atoms with Gasteiger partial charge in [0.15, 0.2) is 0 Å². The molecule has 0 radical (unpaired) electrons. The smallest absolute Gasteiger partial charge is 0.123 e. The molecule has 1 aromatic rings. The molecule has 1 aromatic carbocycles. The quantitative estimate of drug-likeness (QED) is 0.716. The fourth-order valence-electron chi connectivity index (χ4n) is 1.26. The largest absolute Gasteiger partial charge is 0.300 e. The molecule has 0 N–H and O–H groups in total. The van der Waals surface area contributed by atoms with Gasteiger partial charge in [-0.2, -0.15) is 0 Å². The van der Waals surface area contributed by atoms with Crippen LogP contribution < -0.4 is 0 Å². The lowest BCUT2D eigenvalue weighted by Crippen LogP contribution is -2.25. The Morgan fingerprint density at radius 2 is 2.00 bits per heavy atom. The van der Waals surface area contributed by atoms with Crippen molar-refractivity contribution < 1.29 is 4.39 Å². The Bertz CT molecular complexity index is 307. The second-order valence-corrected chi connectivity index (χ2v) is 4.08. The molecule has 0 spiro atoms. The number of halogens is 1. The van der Waals surface area contributed by atoms with Crippen molar-refractivity contribution in [3.63, 3.8) is 0 Å². The summed E-state index contributed by atoms with van der Waals surface area (Å²) in [6, 6.07) is 5.44. The number of nitrogens with zero attached hydrogens (tertiary/aromatic N) is 1. The molecule has 0 aliphatic carbocycles. The molecule has 0 fully saturated rings. The van der Waals surface area contributed by atoms with Gasteiger partial charge in [0.1, 0.15) is 5.82 Å². The molecule has 0 saturated carbocycles. The van der Waals surface area contributed by atoms with Crippen LogP contribution in [0.5, 0.6) is 0 Å². The van der Waals surface area contributed by atoms with Crippen molar-refractivity contribution in [1.29, 1.82) is 0 Å². The fraction of sp³-hybridized carbons (Fsp3) is 0.500. The minimum Gasteiger partial charge on any atom is -0.300 e. The van der Waals surface area contributed by atoms with E-state index in [1.165, 1.54) is 6.07 Å². The lowest BCUT2D eigenvalue weighted by molar-refractivity contribution is 0.265. The van der Waals surface area contributed by atoms with Crippen LogP contribution in [-0.4, -0.2) is 18.0 Å². The summed E-state index contributed by atoms with van der Waals surface area (Å²) in [7, 11) is 2.05. The number of hydrogen-bond donors (Lipinski definition) is 0. The van der Waals surface area contributed by atoms with Crippen molar-refractivity contribution in [3.8, 4) is 0 Å². The molecule has 0 amide bonds. The van der Waals surface area contributed by atoms with E-state index in [2.05, 4.69) is 25.8 Å². The van der Waals surface area contributed by atoms with Crippen LogP contribution in [0.1, 0.15) is 25.0 Å². The van der Waals surface area contributed by atoms with Gasteiger partial charge in [0.05, 0.1) is 0 Å². The second kappa shape index (κ2) is 4.56. The first-order valence-corrected chi connectivity index (χ1v) is 4.96. The van der Waals surface area contributed by atoms with E-state index in [4.69, 9.17) is 0 Å². The summed E-state index contributed by atoms with van der Waals surface area (Å²) in [6.45, 7) is 7.09. The van der Waals surface area contributed by atoms with Gasteiger partial charge in [-0.05, 0) is 51.1 Å². The van der Waals surface area contributed by atoms with Crippen LogP contribution in [0.3, 0.4) is 0 Å². The third kappa shape index (κ3) is 2.81. The zero-order chi connectivity index (χ0) is 10.7. The summed E-state index contributed by atoms with van der Waals surface area (Å²) in [6.07, 6.45) is 0. The summed E-state index contributed by atoms with van der Waals surface area (Å²) < 4.78 is 13.0. The minimum absolute atomic E-state index is 0.150. The highest BCUT2D eigenvalue weighted by Crippen LogP contribution is 2.13. The molecule has 0 unspecified atom stereocenters. The van der Waals surface area contributed by atoms with Crippen molar-refractivity contribution in [2.75, 3.05) is 7.05 Å². The Morgan fingerprint density at radius 1 is 1.36 bits per heavy atom. The third-order valence-electron chi connectivity index (χ3n) is 2.61. The first-order valence-electron chi connectivity index (χ1n) is 4.96. The van der Waals surface area contributed by atoms with E-state index in [0.717, 1.165) is 17.7 Å². The summed E-state index contributed by atoms with van der Waals surface area (Å²) in [5, 5.41) is 0. The van der Waals surface area contributed by atoms with Crippen LogP contribution in [-0.2, 0) is 6.54 Å². The fourth-order valence-corrected chi connectivity index (χ4v) is 1.26. The Kier molecular flexibility index (Phi) is 3.64. The van der Waals surface area contributed by atoms with Crippen LogP contribution in [0.25, 0.3) is 0 Å². The van der Waals surface area contributed by atoms with E-state index in [1.807, 2.05) is 13.0 Å². The number of aryl methyl sites for hydroxylation is 1. The predicted octanol–water partition coefficient (Wildman–Crippen LogP) is 2.97. The lowest BCUT2D eigenvalue weighted by atomic mass is 10.1. The van der Waals surface area contributed by atoms with E-state index in [-0.39, 0.29) is 5.82 Å². The van der Waals surface area contributed by atoms with Crippen LogP contribution in [0.4, 0.5) is 4.39 Å². The molecular weight excluding hydrogens is 177 g/mol. The molecular formula is C12H18FN. The molecule has 1 nitrogen and oxygen atoms in total. The van der Waals surface area contributed by atoms with Gasteiger partial charge in [0.2, 0.25) is 0 Å². The molecule has 0 atom stereocenters. The zero-order valence-corrected chi connectivity index (χ0v) is 9.34. The molecule has 0 bridgehead atoms. The Labute approximate surface area is 85.5 Å². The number of hydrogen-bond acceptors (Lipinski definition) is 1. The summed E-state index contributed by atoms with van der Waals surface area (Å²) in [4.78, 5) is 2.20. The average Bonchev–Trinajstić information content (AvgIpc) is 2.11. The van der Waals surface area contributed by atoms with Gasteiger partial charge in [0.25, 0.3) is 0 Å². The first kappa shape index (κ1) is 11.2. The first-order chi connectivity index (χ1) is 6.50. The van der Waals surface area contributed by atoms with Gasteiger partial charge in [-0.1, -0.05) is 6.07 Å². The van der Waals surface area contributed by atoms with E-state index < -0.39 is 0 Å². The SMILES string of the molecule is Cc1ccc(F)cc1CN(C)C(C)C. The standard InChI is InChI=1S/C12H18FN/c1-9(2)14(4)8-11-7-12(13)6-5-10(11)3/h5-7,9H,8H2,1-4H3. The van der Waals surface area contributed by atoms with Crippen LogP contribution in [0.15, 0.2) is 18.2 Å². The molecule has 0 saturated heterocycles. The van der Waals surface area contributed by atoms with E-state index in [1.54, 1.807) is 6.07 Å². The molecule has 0 heterocycles. The Balaban J connectivity index is 2.80. The van der Waals surface area contributed by atoms with Gasteiger partial charge in [-0.15, -0.1) is 0 Å². The van der Waals surface area contributed by atoms with Gasteiger partial charge in [-0.25, -0.2) is 4.39 Å². The highest BCUT2D eigenvalue weighted by molar-refractivity contribution is 5.26. The molecule has 2 heteroatoms. The van der Waals surface area contributed by atoms with E-state index >= 15 is 0 Å². The maximum atomic E-state index is 13.0. The van der Waals surface area contributed by atoms with Crippen LogP contribution in [0.2, 0.25) is 0 Å². The zero-order valence-electron chi connectivity index (χ0n) is 9.34.